The summed E-state index contributed by atoms with van der Waals surface area (Å²) in [6, 6.07) is 10.0. The van der Waals surface area contributed by atoms with E-state index >= 15 is 0 Å². The van der Waals surface area contributed by atoms with Gasteiger partial charge in [0.25, 0.3) is 0 Å². The first-order valence-electron chi connectivity index (χ1n) is 6.04. The van der Waals surface area contributed by atoms with Crippen LogP contribution in [0.3, 0.4) is 0 Å². The Kier molecular flexibility index (Phi) is 4.71. The topological polar surface area (TPSA) is 126 Å². The lowest BCUT2D eigenvalue weighted by molar-refractivity contribution is 0.424. The molecule has 9 heteroatoms. The maximum Gasteiger partial charge on any atom is 0.490 e. The zero-order chi connectivity index (χ0) is 15.4. The van der Waals surface area contributed by atoms with Crippen molar-refractivity contribution in [3.05, 3.63) is 42.5 Å². The summed E-state index contributed by atoms with van der Waals surface area (Å²) < 4.78 is 0. The van der Waals surface area contributed by atoms with Crippen molar-refractivity contribution in [2.45, 2.75) is 0 Å². The molecule has 0 atom stereocenters. The Morgan fingerprint density at radius 2 is 1.57 bits per heavy atom. The highest BCUT2D eigenvalue weighted by molar-refractivity contribution is 6.60. The number of hydrogen-bond acceptors (Lipinski definition) is 7. The third kappa shape index (κ3) is 3.89. The molecule has 0 heterocycles. The molecule has 106 valence electrons. The van der Waals surface area contributed by atoms with Crippen molar-refractivity contribution >= 4 is 36.5 Å². The molecule has 2 aromatic carbocycles. The lowest BCUT2D eigenvalue weighted by Crippen LogP contribution is -2.29. The quantitative estimate of drug-likeness (QED) is 0.370. The van der Waals surface area contributed by atoms with Crippen LogP contribution in [0.2, 0.25) is 0 Å². The average Bonchev–Trinajstić information content (AvgIpc) is 2.46. The van der Waals surface area contributed by atoms with Crippen LogP contribution in [-0.2, 0) is 0 Å². The summed E-state index contributed by atoms with van der Waals surface area (Å²) in [5, 5.41) is 53.7. The largest absolute Gasteiger partial charge is 0.508 e. The first-order valence-corrected chi connectivity index (χ1v) is 6.04. The minimum absolute atomic E-state index is 0.0112. The van der Waals surface area contributed by atoms with Gasteiger partial charge in [0.2, 0.25) is 0 Å². The molecule has 0 fully saturated rings. The van der Waals surface area contributed by atoms with Crippen molar-refractivity contribution in [1.29, 1.82) is 0 Å². The molecule has 0 aliphatic rings. The Morgan fingerprint density at radius 3 is 2.24 bits per heavy atom. The van der Waals surface area contributed by atoms with Gasteiger partial charge in [0.15, 0.2) is 0 Å². The maximum atomic E-state index is 9.32. The second-order valence-electron chi connectivity index (χ2n) is 4.29. The van der Waals surface area contributed by atoms with Crippen LogP contribution < -0.4 is 10.9 Å². The molecule has 0 saturated carbocycles. The first-order chi connectivity index (χ1) is 9.97. The summed E-state index contributed by atoms with van der Waals surface area (Å²) >= 11 is 0. The van der Waals surface area contributed by atoms with Crippen molar-refractivity contribution < 1.29 is 25.2 Å². The van der Waals surface area contributed by atoms with Crippen LogP contribution in [0.25, 0.3) is 0 Å². The second-order valence-corrected chi connectivity index (χ2v) is 4.29. The Morgan fingerprint density at radius 1 is 0.810 bits per heavy atom. The smallest absolute Gasteiger partial charge is 0.490 e. The SMILES string of the molecule is OB(O)c1cccc(N=Nc2ccc(O)cc2B(O)O)c1. The molecule has 21 heavy (non-hydrogen) atoms. The highest BCUT2D eigenvalue weighted by atomic mass is 16.4. The van der Waals surface area contributed by atoms with E-state index in [0.717, 1.165) is 0 Å². The van der Waals surface area contributed by atoms with Crippen LogP contribution in [0.1, 0.15) is 0 Å². The molecule has 0 aromatic heterocycles. The second kappa shape index (κ2) is 6.51. The van der Waals surface area contributed by atoms with Gasteiger partial charge in [-0.15, -0.1) is 0 Å². The van der Waals surface area contributed by atoms with E-state index in [1.54, 1.807) is 12.1 Å². The fourth-order valence-corrected chi connectivity index (χ4v) is 1.70. The van der Waals surface area contributed by atoms with Crippen LogP contribution in [0.4, 0.5) is 11.4 Å². The van der Waals surface area contributed by atoms with Gasteiger partial charge < -0.3 is 25.2 Å². The third-order valence-corrected chi connectivity index (χ3v) is 2.73. The van der Waals surface area contributed by atoms with Gasteiger partial charge >= 0.3 is 14.2 Å². The highest BCUT2D eigenvalue weighted by Crippen LogP contribution is 2.19. The van der Waals surface area contributed by atoms with E-state index in [1.165, 1.54) is 30.3 Å². The van der Waals surface area contributed by atoms with Crippen molar-refractivity contribution in [1.82, 2.24) is 0 Å². The van der Waals surface area contributed by atoms with Gasteiger partial charge in [-0.2, -0.15) is 10.2 Å². The van der Waals surface area contributed by atoms with Crippen molar-refractivity contribution in [2.24, 2.45) is 10.2 Å². The van der Waals surface area contributed by atoms with Gasteiger partial charge in [0.1, 0.15) is 5.75 Å². The summed E-state index contributed by atoms with van der Waals surface area (Å²) in [5.74, 6) is -0.123. The standard InChI is InChI=1S/C12H12B2N2O5/c17-10-4-5-12(11(7-10)14(20)21)16-15-9-3-1-2-8(6-9)13(18)19/h1-7,17-21H. The minimum Gasteiger partial charge on any atom is -0.508 e. The van der Waals surface area contributed by atoms with Gasteiger partial charge in [0, 0.05) is 5.46 Å². The molecule has 2 rings (SSSR count). The fourth-order valence-electron chi connectivity index (χ4n) is 1.70. The minimum atomic E-state index is -1.79. The fraction of sp³-hybridized carbons (Fsp3) is 0. The summed E-state index contributed by atoms with van der Waals surface area (Å²) in [5.41, 5.74) is 0.821. The van der Waals surface area contributed by atoms with Crippen LogP contribution in [0.5, 0.6) is 5.75 Å². The van der Waals surface area contributed by atoms with E-state index in [9.17, 15) is 15.2 Å². The molecule has 2 aromatic rings. The Hall–Kier alpha value is -2.19. The van der Waals surface area contributed by atoms with Gasteiger partial charge in [-0.05, 0) is 35.8 Å². The summed E-state index contributed by atoms with van der Waals surface area (Å²) in [6.45, 7) is 0. The van der Waals surface area contributed by atoms with E-state index in [1.807, 2.05) is 0 Å². The number of benzene rings is 2. The third-order valence-electron chi connectivity index (χ3n) is 2.73. The van der Waals surface area contributed by atoms with E-state index in [2.05, 4.69) is 10.2 Å². The Bertz CT molecular complexity index is 664. The highest BCUT2D eigenvalue weighted by Gasteiger charge is 2.17. The van der Waals surface area contributed by atoms with E-state index in [4.69, 9.17) is 10.0 Å². The number of hydrogen-bond donors (Lipinski definition) is 5. The van der Waals surface area contributed by atoms with Crippen molar-refractivity contribution in [3.63, 3.8) is 0 Å². The Labute approximate surface area is 121 Å². The maximum absolute atomic E-state index is 9.32. The normalized spacial score (nSPS) is 10.9. The summed E-state index contributed by atoms with van der Waals surface area (Å²) in [7, 11) is -3.40. The lowest BCUT2D eigenvalue weighted by Gasteiger charge is -2.04. The van der Waals surface area contributed by atoms with Crippen molar-refractivity contribution in [3.8, 4) is 5.75 Å². The van der Waals surface area contributed by atoms with Crippen molar-refractivity contribution in [2.75, 3.05) is 0 Å². The van der Waals surface area contributed by atoms with Crippen LogP contribution in [0, 0.1) is 0 Å². The van der Waals surface area contributed by atoms with Gasteiger partial charge in [-0.1, -0.05) is 12.1 Å². The molecule has 0 bridgehead atoms. The van der Waals surface area contributed by atoms with Crippen LogP contribution in [-0.4, -0.2) is 39.4 Å². The zero-order valence-electron chi connectivity index (χ0n) is 10.8. The molecule has 0 aliphatic carbocycles. The Balaban J connectivity index is 2.31. The van der Waals surface area contributed by atoms with Gasteiger partial charge in [-0.25, -0.2) is 0 Å². The number of nitrogens with zero attached hydrogens (tertiary/aromatic N) is 2. The molecule has 5 N–H and O–H groups in total. The molecule has 7 nitrogen and oxygen atoms in total. The number of phenolic OH excluding ortho intramolecular Hbond substituents is 1. The first kappa shape index (κ1) is 15.2. The van der Waals surface area contributed by atoms with Crippen LogP contribution >= 0.6 is 0 Å². The van der Waals surface area contributed by atoms with E-state index < -0.39 is 14.2 Å². The molecule has 0 spiro atoms. The molecule has 0 unspecified atom stereocenters. The van der Waals surface area contributed by atoms with E-state index in [0.29, 0.717) is 5.69 Å². The molecule has 0 saturated heterocycles. The molecule has 0 amide bonds. The van der Waals surface area contributed by atoms with Gasteiger partial charge in [-0.3, -0.25) is 0 Å². The predicted molar refractivity (Wildman–Crippen MR) is 78.4 cm³/mol. The summed E-state index contributed by atoms with van der Waals surface area (Å²) in [6.07, 6.45) is 0. The van der Waals surface area contributed by atoms with Gasteiger partial charge in [0.05, 0.1) is 11.4 Å². The molecular weight excluding hydrogens is 274 g/mol. The summed E-state index contributed by atoms with van der Waals surface area (Å²) in [4.78, 5) is 0. The van der Waals surface area contributed by atoms with Crippen LogP contribution in [0.15, 0.2) is 52.7 Å². The number of azo groups is 1. The monoisotopic (exact) mass is 286 g/mol. The molecule has 0 aliphatic heterocycles. The molecular formula is C12H12B2N2O5. The average molecular weight is 286 g/mol. The number of aromatic hydroxyl groups is 1. The predicted octanol–water partition coefficient (Wildman–Crippen LogP) is -0.833. The van der Waals surface area contributed by atoms with E-state index in [-0.39, 0.29) is 22.4 Å². The molecule has 0 radical (unpaired) electrons. The lowest BCUT2D eigenvalue weighted by atomic mass is 9.79. The zero-order valence-corrected chi connectivity index (χ0v) is 10.8. The number of rotatable bonds is 4. The number of phenols is 1.